The summed E-state index contributed by atoms with van der Waals surface area (Å²) in [6.07, 6.45) is 1.57. The molecule has 0 saturated carbocycles. The van der Waals surface area contributed by atoms with Crippen molar-refractivity contribution in [3.05, 3.63) is 34.2 Å². The second kappa shape index (κ2) is 7.24. The highest BCUT2D eigenvalue weighted by atomic mass is 79.9. The van der Waals surface area contributed by atoms with E-state index in [0.29, 0.717) is 25.3 Å². The Labute approximate surface area is 108 Å². The molecule has 5 nitrogen and oxygen atoms in total. The van der Waals surface area contributed by atoms with Gasteiger partial charge >= 0.3 is 0 Å². The van der Waals surface area contributed by atoms with Crippen LogP contribution in [0.1, 0.15) is 10.4 Å². The van der Waals surface area contributed by atoms with Gasteiger partial charge in [0, 0.05) is 36.7 Å². The standard InChI is InChI=1S/C11H15BrN2O3/c1-14-5-2-9(8-10(14)15)11(16)13-4-7-17-6-3-12/h2,5,8H,3-4,6-7H2,1H3,(H,13,16). The number of amides is 1. The van der Waals surface area contributed by atoms with E-state index in [2.05, 4.69) is 21.2 Å². The molecule has 0 unspecified atom stereocenters. The van der Waals surface area contributed by atoms with Crippen molar-refractivity contribution in [3.63, 3.8) is 0 Å². The Hall–Kier alpha value is -1.14. The average Bonchev–Trinajstić information content (AvgIpc) is 2.32. The molecule has 0 aliphatic carbocycles. The average molecular weight is 303 g/mol. The number of nitrogens with one attached hydrogen (secondary N) is 1. The summed E-state index contributed by atoms with van der Waals surface area (Å²) in [7, 11) is 1.64. The number of alkyl halides is 1. The molecule has 0 saturated heterocycles. The molecule has 94 valence electrons. The number of nitrogens with zero attached hydrogens (tertiary/aromatic N) is 1. The molecule has 0 fully saturated rings. The third-order valence-corrected chi connectivity index (χ3v) is 2.44. The first-order valence-corrected chi connectivity index (χ1v) is 6.36. The molecule has 0 radical (unpaired) electrons. The summed E-state index contributed by atoms with van der Waals surface area (Å²) in [5.74, 6) is -0.259. The van der Waals surface area contributed by atoms with Crippen LogP contribution in [0, 0.1) is 0 Å². The highest BCUT2D eigenvalue weighted by molar-refractivity contribution is 9.09. The smallest absolute Gasteiger partial charge is 0.251 e. The molecule has 1 N–H and O–H groups in total. The summed E-state index contributed by atoms with van der Waals surface area (Å²) in [5, 5.41) is 3.45. The van der Waals surface area contributed by atoms with Gasteiger partial charge in [0.1, 0.15) is 0 Å². The lowest BCUT2D eigenvalue weighted by Gasteiger charge is -2.05. The number of carbonyl (C=O) groups is 1. The minimum atomic E-state index is -0.259. The van der Waals surface area contributed by atoms with Gasteiger partial charge in [-0.15, -0.1) is 0 Å². The number of carbonyl (C=O) groups excluding carboxylic acids is 1. The molecule has 0 spiro atoms. The zero-order chi connectivity index (χ0) is 12.7. The molecule has 6 heteroatoms. The first-order chi connectivity index (χ1) is 8.15. The maximum atomic E-state index is 11.6. The molecule has 0 bridgehead atoms. The molecular weight excluding hydrogens is 288 g/mol. The van der Waals surface area contributed by atoms with E-state index < -0.39 is 0 Å². The predicted molar refractivity (Wildman–Crippen MR) is 68.6 cm³/mol. The third-order valence-electron chi connectivity index (χ3n) is 2.12. The van der Waals surface area contributed by atoms with Crippen LogP contribution in [0.2, 0.25) is 0 Å². The molecule has 0 atom stereocenters. The van der Waals surface area contributed by atoms with Crippen LogP contribution < -0.4 is 10.9 Å². The number of hydrogen-bond acceptors (Lipinski definition) is 3. The fourth-order valence-electron chi connectivity index (χ4n) is 1.19. The van der Waals surface area contributed by atoms with E-state index in [1.807, 2.05) is 0 Å². The number of rotatable bonds is 6. The minimum absolute atomic E-state index is 0.201. The monoisotopic (exact) mass is 302 g/mol. The fourth-order valence-corrected chi connectivity index (χ4v) is 1.41. The van der Waals surface area contributed by atoms with Crippen LogP contribution in [-0.2, 0) is 11.8 Å². The zero-order valence-corrected chi connectivity index (χ0v) is 11.2. The van der Waals surface area contributed by atoms with Crippen molar-refractivity contribution < 1.29 is 9.53 Å². The van der Waals surface area contributed by atoms with Gasteiger partial charge in [0.2, 0.25) is 0 Å². The van der Waals surface area contributed by atoms with Crippen molar-refractivity contribution in [2.24, 2.45) is 7.05 Å². The van der Waals surface area contributed by atoms with Crippen LogP contribution >= 0.6 is 15.9 Å². The van der Waals surface area contributed by atoms with Gasteiger partial charge in [-0.05, 0) is 6.07 Å². The summed E-state index contributed by atoms with van der Waals surface area (Å²) in [4.78, 5) is 22.9. The summed E-state index contributed by atoms with van der Waals surface area (Å²) < 4.78 is 6.60. The maximum Gasteiger partial charge on any atom is 0.251 e. The van der Waals surface area contributed by atoms with E-state index in [1.54, 1.807) is 19.3 Å². The van der Waals surface area contributed by atoms with E-state index >= 15 is 0 Å². The lowest BCUT2D eigenvalue weighted by Crippen LogP contribution is -2.29. The number of aryl methyl sites for hydroxylation is 1. The number of aromatic nitrogens is 1. The van der Waals surface area contributed by atoms with Crippen LogP contribution in [0.15, 0.2) is 23.1 Å². The molecule has 1 heterocycles. The molecule has 0 aliphatic heterocycles. The van der Waals surface area contributed by atoms with E-state index in [-0.39, 0.29) is 11.5 Å². The second-order valence-corrected chi connectivity index (χ2v) is 4.21. The SMILES string of the molecule is Cn1ccc(C(=O)NCCOCCBr)cc1=O. The van der Waals surface area contributed by atoms with Crippen molar-refractivity contribution in [2.75, 3.05) is 25.1 Å². The first-order valence-electron chi connectivity index (χ1n) is 5.23. The van der Waals surface area contributed by atoms with Crippen molar-refractivity contribution in [1.29, 1.82) is 0 Å². The normalized spacial score (nSPS) is 10.2. The fraction of sp³-hybridized carbons (Fsp3) is 0.455. The quantitative estimate of drug-likeness (QED) is 0.616. The Balaban J connectivity index is 2.42. The van der Waals surface area contributed by atoms with Crippen molar-refractivity contribution in [3.8, 4) is 0 Å². The van der Waals surface area contributed by atoms with Crippen molar-refractivity contribution >= 4 is 21.8 Å². The van der Waals surface area contributed by atoms with Gasteiger partial charge in [-0.3, -0.25) is 9.59 Å². The van der Waals surface area contributed by atoms with Gasteiger partial charge < -0.3 is 14.6 Å². The van der Waals surface area contributed by atoms with Crippen LogP contribution in [-0.4, -0.2) is 35.6 Å². The van der Waals surface area contributed by atoms with Gasteiger partial charge in [0.25, 0.3) is 11.5 Å². The molecule has 1 rings (SSSR count). The predicted octanol–water partition coefficient (Wildman–Crippen LogP) is 0.527. The molecule has 1 aromatic rings. The summed E-state index contributed by atoms with van der Waals surface area (Å²) in [6, 6.07) is 2.92. The first kappa shape index (κ1) is 13.9. The zero-order valence-electron chi connectivity index (χ0n) is 9.61. The Bertz CT molecular complexity index is 431. The Morgan fingerprint density at radius 1 is 1.53 bits per heavy atom. The van der Waals surface area contributed by atoms with Gasteiger partial charge in [-0.1, -0.05) is 15.9 Å². The van der Waals surface area contributed by atoms with Crippen LogP contribution in [0.4, 0.5) is 0 Å². The number of halogens is 1. The van der Waals surface area contributed by atoms with E-state index in [0.717, 1.165) is 5.33 Å². The molecule has 1 aromatic heterocycles. The number of hydrogen-bond donors (Lipinski definition) is 1. The summed E-state index contributed by atoms with van der Waals surface area (Å²) in [6.45, 7) is 1.50. The van der Waals surface area contributed by atoms with Crippen molar-refractivity contribution in [2.45, 2.75) is 0 Å². The van der Waals surface area contributed by atoms with E-state index in [4.69, 9.17) is 4.74 Å². The molecular formula is C11H15BrN2O3. The van der Waals surface area contributed by atoms with Gasteiger partial charge in [-0.25, -0.2) is 0 Å². The highest BCUT2D eigenvalue weighted by Gasteiger charge is 2.05. The van der Waals surface area contributed by atoms with E-state index in [9.17, 15) is 9.59 Å². The minimum Gasteiger partial charge on any atom is -0.379 e. The Morgan fingerprint density at radius 3 is 2.94 bits per heavy atom. The lowest BCUT2D eigenvalue weighted by atomic mass is 10.2. The Morgan fingerprint density at radius 2 is 2.29 bits per heavy atom. The van der Waals surface area contributed by atoms with Gasteiger partial charge in [0.05, 0.1) is 13.2 Å². The molecule has 0 aromatic carbocycles. The van der Waals surface area contributed by atoms with Gasteiger partial charge in [-0.2, -0.15) is 0 Å². The molecule has 17 heavy (non-hydrogen) atoms. The van der Waals surface area contributed by atoms with E-state index in [1.165, 1.54) is 10.6 Å². The lowest BCUT2D eigenvalue weighted by molar-refractivity contribution is 0.0924. The largest absolute Gasteiger partial charge is 0.379 e. The van der Waals surface area contributed by atoms with Crippen LogP contribution in [0.3, 0.4) is 0 Å². The second-order valence-electron chi connectivity index (χ2n) is 3.42. The topological polar surface area (TPSA) is 60.3 Å². The van der Waals surface area contributed by atoms with Crippen LogP contribution in [0.5, 0.6) is 0 Å². The molecule has 1 amide bonds. The Kier molecular flexibility index (Phi) is 5.93. The number of ether oxygens (including phenoxy) is 1. The third kappa shape index (κ3) is 4.70. The van der Waals surface area contributed by atoms with Crippen LogP contribution in [0.25, 0.3) is 0 Å². The summed E-state index contributed by atoms with van der Waals surface area (Å²) in [5.41, 5.74) is 0.168. The highest BCUT2D eigenvalue weighted by Crippen LogP contribution is 1.93. The molecule has 0 aliphatic rings. The summed E-state index contributed by atoms with van der Waals surface area (Å²) >= 11 is 3.23. The van der Waals surface area contributed by atoms with Crippen molar-refractivity contribution in [1.82, 2.24) is 9.88 Å². The maximum absolute atomic E-state index is 11.6. The van der Waals surface area contributed by atoms with Gasteiger partial charge in [0.15, 0.2) is 0 Å². The number of pyridine rings is 1.